The SMILES string of the molecule is CC(C)(F)C[C@](NC(C#N)Cc1ccc(C#N)cc1F)(C(N)=O)[C@H](c1ccc(-c2ccc(S(C)(=O)=O)cc2Cl)cc1)C(F)(F)F. The molecule has 3 aromatic carbocycles. The molecule has 3 rings (SSSR count). The quantitative estimate of drug-likeness (QED) is 0.236. The van der Waals surface area contributed by atoms with Crippen LogP contribution in [0, 0.1) is 28.5 Å². The monoisotopic (exact) mass is 666 g/mol. The number of halogens is 6. The summed E-state index contributed by atoms with van der Waals surface area (Å²) in [4.78, 5) is 13.0. The van der Waals surface area contributed by atoms with Gasteiger partial charge in [-0.05, 0) is 54.8 Å². The summed E-state index contributed by atoms with van der Waals surface area (Å²) in [7, 11) is -3.58. The molecule has 7 nitrogen and oxygen atoms in total. The number of carbonyl (C=O) groups is 1. The van der Waals surface area contributed by atoms with Gasteiger partial charge >= 0.3 is 6.18 Å². The van der Waals surface area contributed by atoms with Crippen LogP contribution in [0.2, 0.25) is 5.02 Å². The molecule has 3 N–H and O–H groups in total. The van der Waals surface area contributed by atoms with E-state index in [0.29, 0.717) is 11.1 Å². The molecular formula is C31H28ClF5N4O3S. The van der Waals surface area contributed by atoms with E-state index in [1.807, 2.05) is 0 Å². The van der Waals surface area contributed by atoms with Crippen molar-refractivity contribution in [1.82, 2.24) is 5.32 Å². The van der Waals surface area contributed by atoms with Crippen LogP contribution < -0.4 is 11.1 Å². The summed E-state index contributed by atoms with van der Waals surface area (Å²) >= 11 is 6.27. The van der Waals surface area contributed by atoms with Gasteiger partial charge in [0, 0.05) is 29.7 Å². The molecule has 0 saturated carbocycles. The summed E-state index contributed by atoms with van der Waals surface area (Å²) in [6.45, 7) is 1.90. The van der Waals surface area contributed by atoms with Gasteiger partial charge < -0.3 is 5.73 Å². The first-order chi connectivity index (χ1) is 20.7. The average molecular weight is 667 g/mol. The average Bonchev–Trinajstić information content (AvgIpc) is 2.91. The van der Waals surface area contributed by atoms with Crippen molar-refractivity contribution in [2.24, 2.45) is 5.73 Å². The minimum atomic E-state index is -5.22. The van der Waals surface area contributed by atoms with E-state index in [0.717, 1.165) is 38.3 Å². The number of primary amides is 1. The molecule has 3 atom stereocenters. The molecule has 45 heavy (non-hydrogen) atoms. The molecule has 0 fully saturated rings. The van der Waals surface area contributed by atoms with Gasteiger partial charge in [0.2, 0.25) is 5.91 Å². The van der Waals surface area contributed by atoms with Crippen molar-refractivity contribution in [3.8, 4) is 23.3 Å². The Bertz CT molecular complexity index is 1780. The molecule has 0 bridgehead atoms. The fourth-order valence-electron chi connectivity index (χ4n) is 5.21. The Balaban J connectivity index is 2.15. The highest BCUT2D eigenvalue weighted by atomic mass is 35.5. The molecule has 3 aromatic rings. The molecule has 0 saturated heterocycles. The number of carbonyl (C=O) groups excluding carboxylic acids is 1. The fraction of sp³-hybridized carbons (Fsp3) is 0.323. The number of sulfone groups is 1. The molecule has 0 spiro atoms. The van der Waals surface area contributed by atoms with Crippen molar-refractivity contribution < 1.29 is 35.2 Å². The van der Waals surface area contributed by atoms with Crippen LogP contribution >= 0.6 is 11.6 Å². The Morgan fingerprint density at radius 3 is 2.09 bits per heavy atom. The van der Waals surface area contributed by atoms with Crippen molar-refractivity contribution in [2.75, 3.05) is 6.26 Å². The van der Waals surface area contributed by atoms with E-state index >= 15 is 4.39 Å². The molecule has 14 heteroatoms. The molecule has 0 aliphatic heterocycles. The van der Waals surface area contributed by atoms with E-state index in [1.54, 1.807) is 12.1 Å². The lowest BCUT2D eigenvalue weighted by molar-refractivity contribution is -0.178. The first kappa shape index (κ1) is 35.4. The normalized spacial score (nSPS) is 14.9. The van der Waals surface area contributed by atoms with Crippen molar-refractivity contribution in [1.29, 1.82) is 10.5 Å². The van der Waals surface area contributed by atoms with Crippen LogP contribution in [0.3, 0.4) is 0 Å². The molecule has 0 aliphatic carbocycles. The predicted octanol–water partition coefficient (Wildman–Crippen LogP) is 6.15. The highest BCUT2D eigenvalue weighted by Crippen LogP contribution is 2.47. The molecule has 238 valence electrons. The lowest BCUT2D eigenvalue weighted by Gasteiger charge is -2.43. The summed E-state index contributed by atoms with van der Waals surface area (Å²) in [5.74, 6) is -5.28. The van der Waals surface area contributed by atoms with E-state index in [1.165, 1.54) is 42.5 Å². The van der Waals surface area contributed by atoms with Crippen LogP contribution in [0.25, 0.3) is 11.1 Å². The molecule has 0 aliphatic rings. The zero-order valence-corrected chi connectivity index (χ0v) is 25.8. The van der Waals surface area contributed by atoms with Gasteiger partial charge in [0.15, 0.2) is 9.84 Å². The molecule has 0 radical (unpaired) electrons. The first-order valence-electron chi connectivity index (χ1n) is 13.2. The maximum Gasteiger partial charge on any atom is 0.398 e. The van der Waals surface area contributed by atoms with E-state index in [4.69, 9.17) is 22.6 Å². The minimum absolute atomic E-state index is 0.0114. The maximum atomic E-state index is 15.2. The third-order valence-electron chi connectivity index (χ3n) is 7.08. The van der Waals surface area contributed by atoms with Gasteiger partial charge in [-0.3, -0.25) is 10.1 Å². The largest absolute Gasteiger partial charge is 0.398 e. The summed E-state index contributed by atoms with van der Waals surface area (Å²) in [6.07, 6.45) is -5.89. The summed E-state index contributed by atoms with van der Waals surface area (Å²) < 4.78 is 98.5. The number of rotatable bonds is 11. The number of nitriles is 2. The van der Waals surface area contributed by atoms with Crippen molar-refractivity contribution in [3.63, 3.8) is 0 Å². The number of nitrogens with zero attached hydrogens (tertiary/aromatic N) is 2. The van der Waals surface area contributed by atoms with Gasteiger partial charge in [0.05, 0.1) is 22.6 Å². The van der Waals surface area contributed by atoms with Crippen LogP contribution in [0.1, 0.15) is 42.9 Å². The number of alkyl halides is 4. The summed E-state index contributed by atoms with van der Waals surface area (Å²) in [5.41, 5.74) is 0.192. The van der Waals surface area contributed by atoms with Gasteiger partial charge in [-0.15, -0.1) is 0 Å². The number of hydrogen-bond donors (Lipinski definition) is 2. The van der Waals surface area contributed by atoms with Crippen LogP contribution in [0.4, 0.5) is 22.0 Å². The second-order valence-corrected chi connectivity index (χ2v) is 13.6. The highest BCUT2D eigenvalue weighted by Gasteiger charge is 2.60. The van der Waals surface area contributed by atoms with E-state index in [2.05, 4.69) is 5.32 Å². The van der Waals surface area contributed by atoms with Crippen molar-refractivity contribution >= 4 is 27.3 Å². The van der Waals surface area contributed by atoms with Gasteiger partial charge in [-0.2, -0.15) is 23.7 Å². The van der Waals surface area contributed by atoms with E-state index in [-0.39, 0.29) is 21.0 Å². The lowest BCUT2D eigenvalue weighted by atomic mass is 9.71. The summed E-state index contributed by atoms with van der Waals surface area (Å²) in [6, 6.07) is 13.6. The zero-order chi connectivity index (χ0) is 34.0. The van der Waals surface area contributed by atoms with Crippen LogP contribution in [-0.4, -0.2) is 44.0 Å². The predicted molar refractivity (Wildman–Crippen MR) is 158 cm³/mol. The third kappa shape index (κ3) is 8.37. The zero-order valence-electron chi connectivity index (χ0n) is 24.2. The van der Waals surface area contributed by atoms with E-state index < -0.39 is 69.3 Å². The molecule has 1 unspecified atom stereocenters. The molecule has 0 aromatic heterocycles. The first-order valence-corrected chi connectivity index (χ1v) is 15.5. The highest BCUT2D eigenvalue weighted by molar-refractivity contribution is 7.90. The number of nitrogens with one attached hydrogen (secondary N) is 1. The Morgan fingerprint density at radius 1 is 1.02 bits per heavy atom. The van der Waals surface area contributed by atoms with Crippen LogP contribution in [-0.2, 0) is 21.1 Å². The minimum Gasteiger partial charge on any atom is -0.368 e. The number of amides is 1. The maximum absolute atomic E-state index is 15.2. The Hall–Kier alpha value is -4.04. The standard InChI is InChI=1S/C31H28ClF5N4O3S/c1-29(2,34)17-30(28(40)42,41-22(16-39)13-21-5-4-18(15-38)12-26(21)33)27(31(35,36)37)20-8-6-19(7-9-20)24-11-10-23(14-25(24)32)45(3,43)44/h4-12,14,22,27,41H,13,17H2,1-3H3,(H2,40,42)/t22?,27-,30+/m0/s1. The Morgan fingerprint density at radius 2 is 1.64 bits per heavy atom. The van der Waals surface area contributed by atoms with E-state index in [9.17, 15) is 36.0 Å². The van der Waals surface area contributed by atoms with Crippen LogP contribution in [0.5, 0.6) is 0 Å². The molecule has 1 amide bonds. The molecular weight excluding hydrogens is 639 g/mol. The van der Waals surface area contributed by atoms with Crippen molar-refractivity contribution in [2.45, 2.75) is 60.9 Å². The second-order valence-electron chi connectivity index (χ2n) is 11.2. The second kappa shape index (κ2) is 13.1. The lowest BCUT2D eigenvalue weighted by Crippen LogP contribution is -2.66. The molecule has 0 heterocycles. The fourth-order valence-corrected chi connectivity index (χ4v) is 6.21. The summed E-state index contributed by atoms with van der Waals surface area (Å²) in [5, 5.41) is 21.2. The van der Waals surface area contributed by atoms with Gasteiger partial charge in [-0.1, -0.05) is 48.0 Å². The number of benzene rings is 3. The number of hydrogen-bond acceptors (Lipinski definition) is 6. The third-order valence-corrected chi connectivity index (χ3v) is 8.50. The van der Waals surface area contributed by atoms with Crippen molar-refractivity contribution in [3.05, 3.63) is 88.2 Å². The smallest absolute Gasteiger partial charge is 0.368 e. The van der Waals surface area contributed by atoms with Gasteiger partial charge in [0.1, 0.15) is 29.0 Å². The topological polar surface area (TPSA) is 137 Å². The van der Waals surface area contributed by atoms with Gasteiger partial charge in [-0.25, -0.2) is 17.2 Å². The Labute approximate surface area is 262 Å². The number of nitrogens with two attached hydrogens (primary N) is 1. The van der Waals surface area contributed by atoms with Gasteiger partial charge in [0.25, 0.3) is 0 Å². The Kier molecular flexibility index (Phi) is 10.3. The van der Waals surface area contributed by atoms with Crippen LogP contribution in [0.15, 0.2) is 65.6 Å².